The molecule has 3 saturated heterocycles. The third kappa shape index (κ3) is 9.40. The third-order valence-corrected chi connectivity index (χ3v) is 9.42. The van der Waals surface area contributed by atoms with Crippen molar-refractivity contribution in [2.45, 2.75) is 95.4 Å². The molecule has 5 atom stereocenters. The van der Waals surface area contributed by atoms with E-state index in [0.29, 0.717) is 18.6 Å². The van der Waals surface area contributed by atoms with E-state index in [-0.39, 0.29) is 37.6 Å². The van der Waals surface area contributed by atoms with Gasteiger partial charge in [0.05, 0.1) is 31.3 Å². The first-order valence-electron chi connectivity index (χ1n) is 16.2. The zero-order valence-corrected chi connectivity index (χ0v) is 29.5. The SMILES string of the molecule is CC(C)(C)OC(=O)N1[C@H](Cc2ccc(OS(=O)(=O)C(F)(F)F)cc2)[C@H](CN(Cc2ccccc2F)NC(=O)O[C@H]2CO[C@H]3OCC[C@H]32)OC1(C)C. The van der Waals surface area contributed by atoms with Crippen molar-refractivity contribution in [3.05, 3.63) is 65.5 Å². The van der Waals surface area contributed by atoms with Gasteiger partial charge in [0.1, 0.15) is 29.0 Å². The Bertz CT molecular complexity index is 1670. The summed E-state index contributed by atoms with van der Waals surface area (Å²) in [6.45, 7) is 8.76. The number of hydrogen-bond acceptors (Lipinski definition) is 11. The number of alkyl halides is 3. The van der Waals surface area contributed by atoms with Gasteiger partial charge in [-0.15, -0.1) is 0 Å². The van der Waals surface area contributed by atoms with Crippen LogP contribution in [0.4, 0.5) is 27.2 Å². The van der Waals surface area contributed by atoms with Crippen LogP contribution in [0.3, 0.4) is 0 Å². The van der Waals surface area contributed by atoms with Crippen LogP contribution in [-0.4, -0.2) is 91.6 Å². The fourth-order valence-corrected chi connectivity index (χ4v) is 6.71. The standard InChI is InChI=1S/C33H41F4N3O10S/c1-31(2,3)49-30(42)40-25(16-20-10-12-22(13-11-20)50-51(43,44)33(35,36)37)26(48-32(40,4)5)18-39(17-21-8-6-7-9-24(21)34)38-29(41)47-27-19-46-28-23(27)14-15-45-28/h6-13,23,25-28H,14-19H2,1-5H3,(H,38,41)/t23-,25+,26-,27-,28+/m0/s1. The van der Waals surface area contributed by atoms with Gasteiger partial charge < -0.3 is 27.9 Å². The second-order valence-electron chi connectivity index (χ2n) is 13.9. The second kappa shape index (κ2) is 14.7. The maximum absolute atomic E-state index is 14.9. The minimum absolute atomic E-state index is 0.0418. The number of halogens is 4. The zero-order valence-electron chi connectivity index (χ0n) is 28.6. The molecule has 282 valence electrons. The molecule has 3 fully saturated rings. The monoisotopic (exact) mass is 747 g/mol. The minimum atomic E-state index is -5.89. The lowest BCUT2D eigenvalue weighted by molar-refractivity contribution is -0.0909. The van der Waals surface area contributed by atoms with Gasteiger partial charge in [-0.3, -0.25) is 10.3 Å². The highest BCUT2D eigenvalue weighted by atomic mass is 32.2. The van der Waals surface area contributed by atoms with E-state index in [2.05, 4.69) is 9.61 Å². The van der Waals surface area contributed by atoms with Crippen LogP contribution in [-0.2, 0) is 46.8 Å². The zero-order chi connectivity index (χ0) is 37.4. The highest BCUT2D eigenvalue weighted by molar-refractivity contribution is 7.88. The van der Waals surface area contributed by atoms with Crippen LogP contribution in [0.25, 0.3) is 0 Å². The summed E-state index contributed by atoms with van der Waals surface area (Å²) in [6.07, 6.45) is -2.75. The molecule has 2 aromatic rings. The lowest BCUT2D eigenvalue weighted by atomic mass is 9.99. The van der Waals surface area contributed by atoms with E-state index >= 15 is 0 Å². The molecule has 3 heterocycles. The predicted octanol–water partition coefficient (Wildman–Crippen LogP) is 5.24. The molecule has 1 N–H and O–H groups in total. The van der Waals surface area contributed by atoms with E-state index in [0.717, 1.165) is 12.1 Å². The van der Waals surface area contributed by atoms with Crippen molar-refractivity contribution < 1.29 is 63.4 Å². The minimum Gasteiger partial charge on any atom is -0.444 e. The maximum Gasteiger partial charge on any atom is 0.534 e. The van der Waals surface area contributed by atoms with Crippen LogP contribution >= 0.6 is 0 Å². The highest BCUT2D eigenvalue weighted by Gasteiger charge is 2.52. The number of rotatable bonds is 10. The summed E-state index contributed by atoms with van der Waals surface area (Å²) in [5, 5.41) is 1.41. The molecule has 0 radical (unpaired) electrons. The van der Waals surface area contributed by atoms with Gasteiger partial charge in [-0.05, 0) is 71.2 Å². The van der Waals surface area contributed by atoms with E-state index in [1.807, 2.05) is 0 Å². The highest BCUT2D eigenvalue weighted by Crippen LogP contribution is 2.37. The van der Waals surface area contributed by atoms with Crippen LogP contribution in [0.1, 0.15) is 52.2 Å². The molecule has 18 heteroatoms. The van der Waals surface area contributed by atoms with Gasteiger partial charge in [-0.1, -0.05) is 30.3 Å². The van der Waals surface area contributed by atoms with Crippen LogP contribution in [0, 0.1) is 11.7 Å². The summed E-state index contributed by atoms with van der Waals surface area (Å²) < 4.78 is 110. The quantitative estimate of drug-likeness (QED) is 0.148. The number of hydrazine groups is 1. The number of nitrogens with one attached hydrogen (secondary N) is 1. The average molecular weight is 748 g/mol. The Morgan fingerprint density at radius 1 is 1.06 bits per heavy atom. The molecule has 13 nitrogen and oxygen atoms in total. The molecule has 0 aliphatic carbocycles. The van der Waals surface area contributed by atoms with E-state index in [1.165, 1.54) is 34.2 Å². The van der Waals surface area contributed by atoms with Crippen molar-refractivity contribution in [1.82, 2.24) is 15.3 Å². The van der Waals surface area contributed by atoms with Crippen molar-refractivity contribution in [1.29, 1.82) is 0 Å². The Balaban J connectivity index is 1.41. The number of ether oxygens (including phenoxy) is 5. The summed E-state index contributed by atoms with van der Waals surface area (Å²) >= 11 is 0. The van der Waals surface area contributed by atoms with Crippen LogP contribution in [0.15, 0.2) is 48.5 Å². The van der Waals surface area contributed by atoms with Crippen molar-refractivity contribution in [2.24, 2.45) is 5.92 Å². The van der Waals surface area contributed by atoms with Gasteiger partial charge in [0.25, 0.3) is 0 Å². The molecule has 3 aliphatic rings. The molecule has 0 unspecified atom stereocenters. The molecular weight excluding hydrogens is 706 g/mol. The van der Waals surface area contributed by atoms with Gasteiger partial charge in [0, 0.05) is 18.7 Å². The smallest absolute Gasteiger partial charge is 0.444 e. The van der Waals surface area contributed by atoms with Crippen LogP contribution in [0.2, 0.25) is 0 Å². The fraction of sp³-hybridized carbons (Fsp3) is 0.576. The van der Waals surface area contributed by atoms with E-state index in [9.17, 15) is 35.6 Å². The number of carbonyl (C=O) groups excluding carboxylic acids is 2. The Hall–Kier alpha value is -3.71. The molecule has 0 spiro atoms. The number of nitrogens with zero attached hydrogens (tertiary/aromatic N) is 2. The molecule has 51 heavy (non-hydrogen) atoms. The van der Waals surface area contributed by atoms with E-state index in [4.69, 9.17) is 23.7 Å². The number of carbonyl (C=O) groups is 2. The normalized spacial score (nSPS) is 24.7. The first-order chi connectivity index (χ1) is 23.7. The predicted molar refractivity (Wildman–Crippen MR) is 171 cm³/mol. The Labute approximate surface area is 293 Å². The van der Waals surface area contributed by atoms with Crippen molar-refractivity contribution in [2.75, 3.05) is 19.8 Å². The lowest BCUT2D eigenvalue weighted by Crippen LogP contribution is -2.53. The van der Waals surface area contributed by atoms with Gasteiger partial charge in [0.15, 0.2) is 6.29 Å². The van der Waals surface area contributed by atoms with Gasteiger partial charge in [0.2, 0.25) is 0 Å². The average Bonchev–Trinajstić information content (AvgIpc) is 3.68. The number of amides is 2. The van der Waals surface area contributed by atoms with E-state index in [1.54, 1.807) is 46.8 Å². The molecule has 3 aliphatic heterocycles. The van der Waals surface area contributed by atoms with Crippen LogP contribution < -0.4 is 9.61 Å². The molecule has 2 aromatic carbocycles. The van der Waals surface area contributed by atoms with Gasteiger partial charge in [-0.25, -0.2) is 19.0 Å². The number of hydrogen-bond donors (Lipinski definition) is 1. The first-order valence-corrected chi connectivity index (χ1v) is 17.6. The molecule has 2 amide bonds. The molecule has 5 rings (SSSR count). The van der Waals surface area contributed by atoms with Crippen molar-refractivity contribution >= 4 is 22.3 Å². The molecular formula is C33H41F4N3O10S. The van der Waals surface area contributed by atoms with Crippen LogP contribution in [0.5, 0.6) is 5.75 Å². The Morgan fingerprint density at radius 3 is 2.39 bits per heavy atom. The number of benzene rings is 2. The maximum atomic E-state index is 14.9. The third-order valence-electron chi connectivity index (χ3n) is 8.44. The van der Waals surface area contributed by atoms with Gasteiger partial charge in [-0.2, -0.15) is 21.6 Å². The first kappa shape index (κ1) is 38.5. The van der Waals surface area contributed by atoms with E-state index < -0.39 is 75.2 Å². The summed E-state index contributed by atoms with van der Waals surface area (Å²) in [5.74, 6) is -1.23. The molecule has 0 bridgehead atoms. The molecule has 0 aromatic heterocycles. The fourth-order valence-electron chi connectivity index (χ4n) is 6.26. The van der Waals surface area contributed by atoms with Gasteiger partial charge >= 0.3 is 27.8 Å². The summed E-state index contributed by atoms with van der Waals surface area (Å²) in [6, 6.07) is 9.99. The molecule has 0 saturated carbocycles. The Kier molecular flexibility index (Phi) is 11.1. The topological polar surface area (TPSA) is 142 Å². The summed E-state index contributed by atoms with van der Waals surface area (Å²) in [7, 11) is -5.89. The Morgan fingerprint density at radius 2 is 1.75 bits per heavy atom. The van der Waals surface area contributed by atoms with Crippen molar-refractivity contribution in [3.8, 4) is 5.75 Å². The second-order valence-corrected chi connectivity index (χ2v) is 15.4. The summed E-state index contributed by atoms with van der Waals surface area (Å²) in [4.78, 5) is 28.3. The summed E-state index contributed by atoms with van der Waals surface area (Å²) in [5.41, 5.74) is -4.38. The largest absolute Gasteiger partial charge is 0.534 e. The van der Waals surface area contributed by atoms with Crippen molar-refractivity contribution in [3.63, 3.8) is 0 Å². The number of fused-ring (bicyclic) bond motifs is 1. The lowest BCUT2D eigenvalue weighted by Gasteiger charge is -2.35.